The lowest BCUT2D eigenvalue weighted by atomic mass is 9.71. The Hall–Kier alpha value is -2.08. The lowest BCUT2D eigenvalue weighted by Gasteiger charge is -2.35. The molecule has 1 aliphatic rings. The minimum atomic E-state index is -0.294. The summed E-state index contributed by atoms with van der Waals surface area (Å²) in [5.41, 5.74) is 7.19. The Morgan fingerprint density at radius 2 is 1.78 bits per heavy atom. The van der Waals surface area contributed by atoms with Gasteiger partial charge in [0.1, 0.15) is 0 Å². The van der Waals surface area contributed by atoms with E-state index in [0.29, 0.717) is 24.3 Å². The highest BCUT2D eigenvalue weighted by Crippen LogP contribution is 2.38. The Bertz CT molecular complexity index is 553. The van der Waals surface area contributed by atoms with Crippen molar-refractivity contribution in [1.82, 2.24) is 5.32 Å². The number of hydrogen-bond donors (Lipinski definition) is 4. The van der Waals surface area contributed by atoms with Crippen molar-refractivity contribution in [3.8, 4) is 0 Å². The third-order valence-corrected chi connectivity index (χ3v) is 4.51. The predicted octanol–water partition coefficient (Wildman–Crippen LogP) is 2.68. The van der Waals surface area contributed by atoms with Crippen molar-refractivity contribution in [2.45, 2.75) is 38.5 Å². The first-order chi connectivity index (χ1) is 11.1. The highest BCUT2D eigenvalue weighted by atomic mass is 16.2. The fourth-order valence-electron chi connectivity index (χ4n) is 3.17. The van der Waals surface area contributed by atoms with E-state index < -0.39 is 0 Å². The van der Waals surface area contributed by atoms with Gasteiger partial charge < -0.3 is 21.7 Å². The van der Waals surface area contributed by atoms with Gasteiger partial charge >= 0.3 is 6.03 Å². The summed E-state index contributed by atoms with van der Waals surface area (Å²) in [5.74, 6) is -0.0190. The summed E-state index contributed by atoms with van der Waals surface area (Å²) in [7, 11) is 1.55. The van der Waals surface area contributed by atoms with E-state index in [1.807, 2.05) is 6.07 Å². The predicted molar refractivity (Wildman–Crippen MR) is 92.3 cm³/mol. The number of nitrogens with one attached hydrogen (secondary N) is 3. The first-order valence-electron chi connectivity index (χ1n) is 8.16. The molecule has 0 atom stereocenters. The van der Waals surface area contributed by atoms with Gasteiger partial charge in [-0.05, 0) is 43.0 Å². The first-order valence-corrected chi connectivity index (χ1v) is 8.16. The lowest BCUT2D eigenvalue weighted by Crippen LogP contribution is -2.36. The van der Waals surface area contributed by atoms with E-state index in [0.717, 1.165) is 25.7 Å². The molecule has 1 aromatic rings. The number of amides is 3. The number of hydrogen-bond acceptors (Lipinski definition) is 3. The summed E-state index contributed by atoms with van der Waals surface area (Å²) in [5, 5.41) is 8.09. The molecule has 3 amide bonds. The van der Waals surface area contributed by atoms with E-state index >= 15 is 0 Å². The van der Waals surface area contributed by atoms with Crippen LogP contribution in [-0.4, -0.2) is 25.5 Å². The molecule has 126 valence electrons. The van der Waals surface area contributed by atoms with Crippen LogP contribution in [0.1, 0.15) is 38.5 Å². The SMILES string of the molecule is CNC(=O)Nc1cccc(NC(=O)CC2(CN)CCCCC2)c1. The second kappa shape index (κ2) is 7.97. The number of urea groups is 1. The zero-order chi connectivity index (χ0) is 16.7. The van der Waals surface area contributed by atoms with Gasteiger partial charge in [-0.2, -0.15) is 0 Å². The molecule has 6 heteroatoms. The van der Waals surface area contributed by atoms with Crippen molar-refractivity contribution in [2.75, 3.05) is 24.2 Å². The van der Waals surface area contributed by atoms with Crippen molar-refractivity contribution in [3.63, 3.8) is 0 Å². The van der Waals surface area contributed by atoms with Gasteiger partial charge in [0, 0.05) is 24.8 Å². The molecule has 1 aromatic carbocycles. The van der Waals surface area contributed by atoms with Gasteiger partial charge in [-0.3, -0.25) is 4.79 Å². The maximum atomic E-state index is 12.4. The van der Waals surface area contributed by atoms with Crippen LogP contribution in [0.4, 0.5) is 16.2 Å². The van der Waals surface area contributed by atoms with Crippen LogP contribution >= 0.6 is 0 Å². The summed E-state index contributed by atoms with van der Waals surface area (Å²) in [4.78, 5) is 23.7. The maximum absolute atomic E-state index is 12.4. The Morgan fingerprint density at radius 1 is 1.13 bits per heavy atom. The zero-order valence-electron chi connectivity index (χ0n) is 13.7. The molecular weight excluding hydrogens is 292 g/mol. The Kier molecular flexibility index (Phi) is 5.98. The van der Waals surface area contributed by atoms with Crippen LogP contribution in [0.15, 0.2) is 24.3 Å². The van der Waals surface area contributed by atoms with Crippen LogP contribution in [0.5, 0.6) is 0 Å². The van der Waals surface area contributed by atoms with Crippen LogP contribution < -0.4 is 21.7 Å². The fourth-order valence-corrected chi connectivity index (χ4v) is 3.17. The first kappa shape index (κ1) is 17.3. The van der Waals surface area contributed by atoms with E-state index in [1.165, 1.54) is 6.42 Å². The number of carbonyl (C=O) groups is 2. The van der Waals surface area contributed by atoms with Crippen LogP contribution in [0.3, 0.4) is 0 Å². The molecule has 0 aromatic heterocycles. The summed E-state index contributed by atoms with van der Waals surface area (Å²) >= 11 is 0. The number of rotatable bonds is 5. The van der Waals surface area contributed by atoms with E-state index in [2.05, 4.69) is 16.0 Å². The molecule has 0 unspecified atom stereocenters. The molecule has 5 N–H and O–H groups in total. The number of benzene rings is 1. The monoisotopic (exact) mass is 318 g/mol. The van der Waals surface area contributed by atoms with Gasteiger partial charge in [0.05, 0.1) is 0 Å². The van der Waals surface area contributed by atoms with Crippen LogP contribution in [-0.2, 0) is 4.79 Å². The highest BCUT2D eigenvalue weighted by molar-refractivity contribution is 5.93. The molecule has 23 heavy (non-hydrogen) atoms. The Morgan fingerprint density at radius 3 is 2.39 bits per heavy atom. The minimum absolute atomic E-state index is 0.0190. The molecule has 0 heterocycles. The number of anilines is 2. The molecule has 6 nitrogen and oxygen atoms in total. The molecule has 0 radical (unpaired) electrons. The van der Waals surface area contributed by atoms with Crippen molar-refractivity contribution in [1.29, 1.82) is 0 Å². The molecule has 1 saturated carbocycles. The highest BCUT2D eigenvalue weighted by Gasteiger charge is 2.32. The Balaban J connectivity index is 1.96. The van der Waals surface area contributed by atoms with E-state index in [-0.39, 0.29) is 17.4 Å². The van der Waals surface area contributed by atoms with Gasteiger partial charge in [0.2, 0.25) is 5.91 Å². The molecule has 0 aliphatic heterocycles. The number of nitrogens with two attached hydrogens (primary N) is 1. The summed E-state index contributed by atoms with van der Waals surface area (Å²) in [6.07, 6.45) is 6.03. The average molecular weight is 318 g/mol. The second-order valence-corrected chi connectivity index (χ2v) is 6.27. The van der Waals surface area contributed by atoms with Crippen molar-refractivity contribution < 1.29 is 9.59 Å². The average Bonchev–Trinajstić information content (AvgIpc) is 2.55. The molecule has 0 bridgehead atoms. The van der Waals surface area contributed by atoms with Crippen LogP contribution in [0.25, 0.3) is 0 Å². The third-order valence-electron chi connectivity index (χ3n) is 4.51. The van der Waals surface area contributed by atoms with Crippen molar-refractivity contribution in [3.05, 3.63) is 24.3 Å². The van der Waals surface area contributed by atoms with Gasteiger partial charge in [-0.25, -0.2) is 4.79 Å². The molecule has 2 rings (SSSR count). The topological polar surface area (TPSA) is 96.2 Å². The molecule has 0 spiro atoms. The molecular formula is C17H26N4O2. The second-order valence-electron chi connectivity index (χ2n) is 6.27. The normalized spacial score (nSPS) is 16.4. The third kappa shape index (κ3) is 4.96. The van der Waals surface area contributed by atoms with Crippen molar-refractivity contribution in [2.24, 2.45) is 11.1 Å². The number of carbonyl (C=O) groups excluding carboxylic acids is 2. The zero-order valence-corrected chi connectivity index (χ0v) is 13.7. The summed E-state index contributed by atoms with van der Waals surface area (Å²) in [6.45, 7) is 0.554. The molecule has 1 aliphatic carbocycles. The molecule has 0 saturated heterocycles. The van der Waals surface area contributed by atoms with Crippen LogP contribution in [0.2, 0.25) is 0 Å². The standard InChI is InChI=1S/C17H26N4O2/c1-19-16(23)21-14-7-5-6-13(10-14)20-15(22)11-17(12-18)8-3-2-4-9-17/h5-7,10H,2-4,8-9,11-12,18H2,1H3,(H,20,22)(H2,19,21,23). The minimum Gasteiger partial charge on any atom is -0.341 e. The summed E-state index contributed by atoms with van der Waals surface area (Å²) in [6, 6.07) is 6.82. The van der Waals surface area contributed by atoms with E-state index in [1.54, 1.807) is 25.2 Å². The van der Waals surface area contributed by atoms with Crippen LogP contribution in [0, 0.1) is 5.41 Å². The maximum Gasteiger partial charge on any atom is 0.318 e. The van der Waals surface area contributed by atoms with Gasteiger partial charge in [0.25, 0.3) is 0 Å². The Labute approximate surface area is 137 Å². The smallest absolute Gasteiger partial charge is 0.318 e. The fraction of sp³-hybridized carbons (Fsp3) is 0.529. The summed E-state index contributed by atoms with van der Waals surface area (Å²) < 4.78 is 0. The van der Waals surface area contributed by atoms with Crippen molar-refractivity contribution >= 4 is 23.3 Å². The van der Waals surface area contributed by atoms with E-state index in [4.69, 9.17) is 5.73 Å². The quantitative estimate of drug-likeness (QED) is 0.672. The lowest BCUT2D eigenvalue weighted by molar-refractivity contribution is -0.118. The van der Waals surface area contributed by atoms with Gasteiger partial charge in [-0.15, -0.1) is 0 Å². The van der Waals surface area contributed by atoms with E-state index in [9.17, 15) is 9.59 Å². The largest absolute Gasteiger partial charge is 0.341 e. The van der Waals surface area contributed by atoms with Gasteiger partial charge in [0.15, 0.2) is 0 Å². The van der Waals surface area contributed by atoms with Gasteiger partial charge in [-0.1, -0.05) is 25.3 Å². The molecule has 1 fully saturated rings.